The normalized spacial score (nSPS) is 30.6. The maximum Gasteiger partial charge on any atom is 0.0150 e. The van der Waals surface area contributed by atoms with Crippen LogP contribution in [0.25, 0.3) is 0 Å². The molecule has 2 N–H and O–H groups in total. The van der Waals surface area contributed by atoms with Crippen LogP contribution in [0.3, 0.4) is 0 Å². The van der Waals surface area contributed by atoms with E-state index in [9.17, 15) is 0 Å². The Morgan fingerprint density at radius 2 is 1.67 bits per heavy atom. The minimum atomic E-state index is 0.0868. The van der Waals surface area contributed by atoms with Crippen molar-refractivity contribution in [2.24, 2.45) is 5.73 Å². The molecule has 0 saturated carbocycles. The maximum absolute atomic E-state index is 6.15. The van der Waals surface area contributed by atoms with Crippen LogP contribution in [0.15, 0.2) is 0 Å². The predicted molar refractivity (Wildman–Crippen MR) is 63.4 cm³/mol. The molecule has 0 spiro atoms. The SMILES string of the molecule is [CH2-]N1CCC(N2CCC(C)(N)CC2)CC1. The minimum Gasteiger partial charge on any atom is -0.459 e. The average Bonchev–Trinajstić information content (AvgIpc) is 2.20. The van der Waals surface area contributed by atoms with Crippen molar-refractivity contribution in [1.82, 2.24) is 9.80 Å². The summed E-state index contributed by atoms with van der Waals surface area (Å²) in [4.78, 5) is 4.83. The van der Waals surface area contributed by atoms with Crippen LogP contribution in [0, 0.1) is 7.05 Å². The number of piperidine rings is 2. The molecule has 3 heteroatoms. The molecule has 15 heavy (non-hydrogen) atoms. The summed E-state index contributed by atoms with van der Waals surface area (Å²) in [6, 6.07) is 0.791. The van der Waals surface area contributed by atoms with Crippen molar-refractivity contribution >= 4 is 0 Å². The van der Waals surface area contributed by atoms with Gasteiger partial charge in [-0.3, -0.25) is 7.05 Å². The summed E-state index contributed by atoms with van der Waals surface area (Å²) in [6.07, 6.45) is 4.87. The van der Waals surface area contributed by atoms with Gasteiger partial charge in [0.2, 0.25) is 0 Å². The lowest BCUT2D eigenvalue weighted by molar-refractivity contribution is 0.0848. The molecular formula is C12H24N3-. The Morgan fingerprint density at radius 1 is 1.13 bits per heavy atom. The van der Waals surface area contributed by atoms with E-state index in [0.29, 0.717) is 0 Å². The summed E-state index contributed by atoms with van der Waals surface area (Å²) in [5, 5.41) is 0. The zero-order valence-corrected chi connectivity index (χ0v) is 9.91. The van der Waals surface area contributed by atoms with Gasteiger partial charge in [-0.25, -0.2) is 0 Å². The van der Waals surface area contributed by atoms with E-state index >= 15 is 0 Å². The van der Waals surface area contributed by atoms with E-state index in [-0.39, 0.29) is 5.54 Å². The first-order chi connectivity index (χ1) is 7.07. The van der Waals surface area contributed by atoms with Gasteiger partial charge in [0, 0.05) is 24.7 Å². The Bertz CT molecular complexity index is 197. The van der Waals surface area contributed by atoms with Crippen LogP contribution in [0.2, 0.25) is 0 Å². The number of nitrogens with two attached hydrogens (primary N) is 1. The van der Waals surface area contributed by atoms with E-state index < -0.39 is 0 Å². The van der Waals surface area contributed by atoms with Gasteiger partial charge in [-0.15, -0.1) is 0 Å². The second kappa shape index (κ2) is 4.40. The standard InChI is InChI=1S/C12H24N3/c1-12(13)5-9-15(10-6-12)11-3-7-14(2)8-4-11/h11H,2-10,13H2,1H3/q-1. The van der Waals surface area contributed by atoms with E-state index in [4.69, 9.17) is 5.73 Å². The number of likely N-dealkylation sites (tertiary alicyclic amines) is 2. The van der Waals surface area contributed by atoms with Gasteiger partial charge in [0.25, 0.3) is 0 Å². The van der Waals surface area contributed by atoms with Crippen molar-refractivity contribution < 1.29 is 0 Å². The highest BCUT2D eigenvalue weighted by Gasteiger charge is 2.30. The second-order valence-corrected chi connectivity index (χ2v) is 5.54. The predicted octanol–water partition coefficient (Wildman–Crippen LogP) is 1.06. The first kappa shape index (κ1) is 11.4. The molecule has 2 rings (SSSR count). The molecule has 0 aromatic rings. The molecule has 0 unspecified atom stereocenters. The fourth-order valence-corrected chi connectivity index (χ4v) is 2.68. The minimum absolute atomic E-state index is 0.0868. The molecule has 0 amide bonds. The Morgan fingerprint density at radius 3 is 2.20 bits per heavy atom. The topological polar surface area (TPSA) is 32.5 Å². The fourth-order valence-electron chi connectivity index (χ4n) is 2.68. The van der Waals surface area contributed by atoms with Gasteiger partial charge in [-0.1, -0.05) is 0 Å². The molecule has 3 nitrogen and oxygen atoms in total. The van der Waals surface area contributed by atoms with Crippen molar-refractivity contribution in [3.8, 4) is 0 Å². The van der Waals surface area contributed by atoms with Crippen molar-refractivity contribution in [3.05, 3.63) is 7.05 Å². The molecule has 0 bridgehead atoms. The number of nitrogens with zero attached hydrogens (tertiary/aromatic N) is 2. The molecular weight excluding hydrogens is 186 g/mol. The van der Waals surface area contributed by atoms with Gasteiger partial charge in [0.15, 0.2) is 0 Å². The smallest absolute Gasteiger partial charge is 0.0150 e. The molecule has 2 aliphatic heterocycles. The van der Waals surface area contributed by atoms with Crippen LogP contribution in [0.5, 0.6) is 0 Å². The monoisotopic (exact) mass is 210 g/mol. The van der Waals surface area contributed by atoms with Gasteiger partial charge in [-0.2, -0.15) is 0 Å². The van der Waals surface area contributed by atoms with Crippen molar-refractivity contribution in [2.45, 2.75) is 44.2 Å². The van der Waals surface area contributed by atoms with Crippen LogP contribution in [-0.4, -0.2) is 47.6 Å². The van der Waals surface area contributed by atoms with Crippen molar-refractivity contribution in [1.29, 1.82) is 0 Å². The van der Waals surface area contributed by atoms with Gasteiger partial charge in [-0.05, 0) is 45.7 Å². The van der Waals surface area contributed by atoms with Crippen molar-refractivity contribution in [2.75, 3.05) is 26.2 Å². The summed E-state index contributed by atoms with van der Waals surface area (Å²) in [6.45, 7) is 6.87. The summed E-state index contributed by atoms with van der Waals surface area (Å²) in [5.41, 5.74) is 6.23. The highest BCUT2D eigenvalue weighted by Crippen LogP contribution is 2.24. The highest BCUT2D eigenvalue weighted by molar-refractivity contribution is 4.89. The third kappa shape index (κ3) is 2.92. The lowest BCUT2D eigenvalue weighted by Gasteiger charge is -2.44. The Hall–Kier alpha value is -0.120. The summed E-state index contributed by atoms with van der Waals surface area (Å²) in [7, 11) is 3.99. The second-order valence-electron chi connectivity index (χ2n) is 5.54. The molecule has 0 aromatic heterocycles. The summed E-state index contributed by atoms with van der Waals surface area (Å²) < 4.78 is 0. The molecule has 0 radical (unpaired) electrons. The molecule has 0 aliphatic carbocycles. The lowest BCUT2D eigenvalue weighted by Crippen LogP contribution is -2.53. The fraction of sp³-hybridized carbons (Fsp3) is 0.917. The van der Waals surface area contributed by atoms with Crippen LogP contribution in [-0.2, 0) is 0 Å². The van der Waals surface area contributed by atoms with Crippen LogP contribution in [0.4, 0.5) is 0 Å². The zero-order valence-electron chi connectivity index (χ0n) is 9.91. The number of hydrogen-bond acceptors (Lipinski definition) is 3. The largest absolute Gasteiger partial charge is 0.459 e. The number of hydrogen-bond donors (Lipinski definition) is 1. The molecule has 0 aromatic carbocycles. The van der Waals surface area contributed by atoms with E-state index in [1.165, 1.54) is 25.9 Å². The Balaban J connectivity index is 1.80. The van der Waals surface area contributed by atoms with Crippen LogP contribution < -0.4 is 5.73 Å². The highest BCUT2D eigenvalue weighted by atomic mass is 15.2. The van der Waals surface area contributed by atoms with Gasteiger partial charge in [0.05, 0.1) is 0 Å². The third-order valence-corrected chi connectivity index (χ3v) is 4.01. The quantitative estimate of drug-likeness (QED) is 0.657. The van der Waals surface area contributed by atoms with Crippen molar-refractivity contribution in [3.63, 3.8) is 0 Å². The summed E-state index contributed by atoms with van der Waals surface area (Å²) >= 11 is 0. The first-order valence-corrected chi connectivity index (χ1v) is 6.15. The van der Waals surface area contributed by atoms with E-state index in [2.05, 4.69) is 23.8 Å². The van der Waals surface area contributed by atoms with Gasteiger partial charge in [0.1, 0.15) is 0 Å². The van der Waals surface area contributed by atoms with Gasteiger partial charge < -0.3 is 15.5 Å². The molecule has 2 heterocycles. The molecule has 2 fully saturated rings. The molecule has 2 aliphatic rings. The first-order valence-electron chi connectivity index (χ1n) is 6.15. The van der Waals surface area contributed by atoms with E-state index in [1.807, 2.05) is 0 Å². The molecule has 0 atom stereocenters. The molecule has 2 saturated heterocycles. The van der Waals surface area contributed by atoms with Crippen LogP contribution >= 0.6 is 0 Å². The van der Waals surface area contributed by atoms with Gasteiger partial charge >= 0.3 is 0 Å². The van der Waals surface area contributed by atoms with E-state index in [1.54, 1.807) is 0 Å². The molecule has 88 valence electrons. The zero-order chi connectivity index (χ0) is 10.9. The Labute approximate surface area is 93.6 Å². The van der Waals surface area contributed by atoms with Crippen LogP contribution in [0.1, 0.15) is 32.6 Å². The summed E-state index contributed by atoms with van der Waals surface area (Å²) in [5.74, 6) is 0. The number of rotatable bonds is 1. The van der Waals surface area contributed by atoms with E-state index in [0.717, 1.165) is 32.0 Å². The lowest BCUT2D eigenvalue weighted by atomic mass is 9.89. The average molecular weight is 210 g/mol. The maximum atomic E-state index is 6.15. The third-order valence-electron chi connectivity index (χ3n) is 4.01. The Kier molecular flexibility index (Phi) is 3.33.